The van der Waals surface area contributed by atoms with E-state index in [1.807, 2.05) is 37.3 Å². The Morgan fingerprint density at radius 1 is 1.05 bits per heavy atom. The van der Waals surface area contributed by atoms with Crippen molar-refractivity contribution < 1.29 is 14.2 Å². The second kappa shape index (κ2) is 8.03. The highest BCUT2D eigenvalue weighted by atomic mass is 16.5. The maximum Gasteiger partial charge on any atom is 0.122 e. The molecule has 0 aromatic heterocycles. The van der Waals surface area contributed by atoms with E-state index in [9.17, 15) is 0 Å². The molecule has 0 aliphatic carbocycles. The quantitative estimate of drug-likeness (QED) is 0.405. The van der Waals surface area contributed by atoms with Gasteiger partial charge in [-0.05, 0) is 37.3 Å². The first-order valence-electron chi connectivity index (χ1n) is 6.04. The second-order valence-corrected chi connectivity index (χ2v) is 4.02. The summed E-state index contributed by atoms with van der Waals surface area (Å²) < 4.78 is 16.0. The van der Waals surface area contributed by atoms with Gasteiger partial charge in [0.1, 0.15) is 30.5 Å². The summed E-state index contributed by atoms with van der Waals surface area (Å²) in [4.78, 5) is 0. The van der Waals surface area contributed by atoms with Crippen molar-refractivity contribution in [2.45, 2.75) is 6.92 Å². The Hall–Kier alpha value is -2.16. The number of allylic oxidation sites excluding steroid dienone is 3. The third kappa shape index (κ3) is 6.36. The monoisotopic (exact) mass is 260 g/mol. The molecule has 0 saturated carbocycles. The van der Waals surface area contributed by atoms with Crippen LogP contribution in [0.5, 0.6) is 11.5 Å². The van der Waals surface area contributed by atoms with E-state index in [0.717, 1.165) is 17.1 Å². The van der Waals surface area contributed by atoms with Crippen LogP contribution in [0.25, 0.3) is 0 Å². The normalized spacial score (nSPS) is 10.2. The number of benzene rings is 1. The van der Waals surface area contributed by atoms with Crippen molar-refractivity contribution in [3.63, 3.8) is 0 Å². The molecule has 1 aromatic rings. The molecule has 0 radical (unpaired) electrons. The lowest BCUT2D eigenvalue weighted by Gasteiger charge is -2.08. The van der Waals surface area contributed by atoms with Gasteiger partial charge in [-0.2, -0.15) is 0 Å². The number of rotatable bonds is 8. The summed E-state index contributed by atoms with van der Waals surface area (Å²) in [6.07, 6.45) is 3.64. The Morgan fingerprint density at radius 3 is 2.26 bits per heavy atom. The summed E-state index contributed by atoms with van der Waals surface area (Å²) in [5.74, 6) is 2.19. The molecule has 1 aromatic carbocycles. The Kier molecular flexibility index (Phi) is 6.30. The van der Waals surface area contributed by atoms with E-state index < -0.39 is 0 Å². The Morgan fingerprint density at radius 2 is 1.68 bits per heavy atom. The minimum absolute atomic E-state index is 0.450. The van der Waals surface area contributed by atoms with Crippen molar-refractivity contribution in [2.24, 2.45) is 0 Å². The topological polar surface area (TPSA) is 27.7 Å². The molecule has 0 unspecified atom stereocenters. The van der Waals surface area contributed by atoms with Crippen LogP contribution in [-0.2, 0) is 4.74 Å². The van der Waals surface area contributed by atoms with E-state index in [2.05, 4.69) is 13.2 Å². The smallest absolute Gasteiger partial charge is 0.122 e. The highest BCUT2D eigenvalue weighted by Gasteiger charge is 1.96. The third-order valence-corrected chi connectivity index (χ3v) is 2.25. The zero-order chi connectivity index (χ0) is 14.1. The summed E-state index contributed by atoms with van der Waals surface area (Å²) >= 11 is 0. The zero-order valence-electron chi connectivity index (χ0n) is 11.5. The van der Waals surface area contributed by atoms with Gasteiger partial charge in [-0.1, -0.05) is 24.8 Å². The van der Waals surface area contributed by atoms with Gasteiger partial charge < -0.3 is 14.2 Å². The van der Waals surface area contributed by atoms with Crippen molar-refractivity contribution in [1.82, 2.24) is 0 Å². The van der Waals surface area contributed by atoms with Gasteiger partial charge in [0.2, 0.25) is 0 Å². The third-order valence-electron chi connectivity index (χ3n) is 2.25. The summed E-state index contributed by atoms with van der Waals surface area (Å²) in [7, 11) is 1.63. The predicted molar refractivity (Wildman–Crippen MR) is 77.5 cm³/mol. The molecular weight excluding hydrogens is 240 g/mol. The van der Waals surface area contributed by atoms with Gasteiger partial charge >= 0.3 is 0 Å². The maximum atomic E-state index is 5.52. The Bertz CT molecular complexity index is 444. The van der Waals surface area contributed by atoms with Crippen LogP contribution in [0, 0.1) is 0 Å². The van der Waals surface area contributed by atoms with E-state index in [1.165, 1.54) is 0 Å². The molecule has 0 aliphatic heterocycles. The van der Waals surface area contributed by atoms with Gasteiger partial charge in [-0.25, -0.2) is 0 Å². The molecule has 0 bridgehead atoms. The molecule has 0 fully saturated rings. The average molecular weight is 260 g/mol. The van der Waals surface area contributed by atoms with Crippen LogP contribution >= 0.6 is 0 Å². The van der Waals surface area contributed by atoms with Crippen LogP contribution in [-0.4, -0.2) is 20.3 Å². The van der Waals surface area contributed by atoms with Crippen molar-refractivity contribution in [3.8, 4) is 11.5 Å². The maximum absolute atomic E-state index is 5.52. The summed E-state index contributed by atoms with van der Waals surface area (Å²) in [6, 6.07) is 7.42. The van der Waals surface area contributed by atoms with Crippen LogP contribution in [0.4, 0.5) is 0 Å². The SMILES string of the molecule is C=C(C)/C=C\C(=C)OCCOc1ccc(OC)cc1. The highest BCUT2D eigenvalue weighted by molar-refractivity contribution is 5.31. The van der Waals surface area contributed by atoms with E-state index in [4.69, 9.17) is 14.2 Å². The van der Waals surface area contributed by atoms with Gasteiger partial charge in [0, 0.05) is 0 Å². The molecule has 0 atom stereocenters. The number of hydrogen-bond donors (Lipinski definition) is 0. The van der Waals surface area contributed by atoms with Crippen molar-refractivity contribution in [1.29, 1.82) is 0 Å². The standard InChI is InChI=1S/C16H20O3/c1-13(2)5-6-14(3)18-11-12-19-16-9-7-15(17-4)8-10-16/h5-10H,1,3,11-12H2,2,4H3/b6-5-. The van der Waals surface area contributed by atoms with E-state index >= 15 is 0 Å². The average Bonchev–Trinajstić information content (AvgIpc) is 2.42. The second-order valence-electron chi connectivity index (χ2n) is 4.02. The van der Waals surface area contributed by atoms with Crippen molar-refractivity contribution in [2.75, 3.05) is 20.3 Å². The Labute approximate surface area is 114 Å². The molecule has 3 nitrogen and oxygen atoms in total. The van der Waals surface area contributed by atoms with Gasteiger partial charge in [0.05, 0.1) is 7.11 Å². The molecule has 0 aliphatic rings. The molecule has 0 N–H and O–H groups in total. The van der Waals surface area contributed by atoms with E-state index in [1.54, 1.807) is 13.2 Å². The van der Waals surface area contributed by atoms with Crippen LogP contribution < -0.4 is 9.47 Å². The molecule has 0 heterocycles. The largest absolute Gasteiger partial charge is 0.497 e. The molecule has 3 heteroatoms. The molecule has 0 amide bonds. The first kappa shape index (κ1) is 14.9. The fraction of sp³-hybridized carbons (Fsp3) is 0.250. The molecule has 0 spiro atoms. The molecule has 19 heavy (non-hydrogen) atoms. The van der Waals surface area contributed by atoms with Gasteiger partial charge in [0.15, 0.2) is 0 Å². The van der Waals surface area contributed by atoms with Gasteiger partial charge in [-0.3, -0.25) is 0 Å². The zero-order valence-corrected chi connectivity index (χ0v) is 11.5. The number of methoxy groups -OCH3 is 1. The van der Waals surface area contributed by atoms with Crippen molar-refractivity contribution >= 4 is 0 Å². The lowest BCUT2D eigenvalue weighted by molar-refractivity contribution is 0.164. The minimum Gasteiger partial charge on any atom is -0.497 e. The molecule has 0 saturated heterocycles. The lowest BCUT2D eigenvalue weighted by Crippen LogP contribution is -2.05. The lowest BCUT2D eigenvalue weighted by atomic mass is 10.3. The minimum atomic E-state index is 0.450. The van der Waals surface area contributed by atoms with Crippen LogP contribution in [0.1, 0.15) is 6.92 Å². The van der Waals surface area contributed by atoms with Crippen LogP contribution in [0.3, 0.4) is 0 Å². The number of ether oxygens (including phenoxy) is 3. The predicted octanol–water partition coefficient (Wildman–Crippen LogP) is 3.74. The molecule has 102 valence electrons. The highest BCUT2D eigenvalue weighted by Crippen LogP contribution is 2.16. The summed E-state index contributed by atoms with van der Waals surface area (Å²) in [5.41, 5.74) is 0.958. The first-order chi connectivity index (χ1) is 9.11. The van der Waals surface area contributed by atoms with Gasteiger partial charge in [-0.15, -0.1) is 0 Å². The summed E-state index contributed by atoms with van der Waals surface area (Å²) in [5, 5.41) is 0. The molecule has 1 rings (SSSR count). The Balaban J connectivity index is 2.23. The van der Waals surface area contributed by atoms with E-state index in [0.29, 0.717) is 19.0 Å². The fourth-order valence-electron chi connectivity index (χ4n) is 1.29. The van der Waals surface area contributed by atoms with Crippen molar-refractivity contribution in [3.05, 3.63) is 60.9 Å². The molecular formula is C16H20O3. The van der Waals surface area contributed by atoms with E-state index in [-0.39, 0.29) is 0 Å². The van der Waals surface area contributed by atoms with Crippen LogP contribution in [0.15, 0.2) is 60.9 Å². The fourth-order valence-corrected chi connectivity index (χ4v) is 1.29. The van der Waals surface area contributed by atoms with Crippen LogP contribution in [0.2, 0.25) is 0 Å². The first-order valence-corrected chi connectivity index (χ1v) is 6.04. The number of hydrogen-bond acceptors (Lipinski definition) is 3. The van der Waals surface area contributed by atoms with Gasteiger partial charge in [0.25, 0.3) is 0 Å². The summed E-state index contributed by atoms with van der Waals surface area (Å²) in [6.45, 7) is 10.4.